The Morgan fingerprint density at radius 2 is 1.83 bits per heavy atom. The zero-order valence-corrected chi connectivity index (χ0v) is 23.4. The number of nitrogens with one attached hydrogen (secondary N) is 1. The van der Waals surface area contributed by atoms with Crippen molar-refractivity contribution in [3.8, 4) is 0 Å². The van der Waals surface area contributed by atoms with Crippen LogP contribution in [0.25, 0.3) is 0 Å². The zero-order valence-electron chi connectivity index (χ0n) is 22.5. The number of anilines is 1. The van der Waals surface area contributed by atoms with Crippen LogP contribution in [0, 0.1) is 18.6 Å². The van der Waals surface area contributed by atoms with E-state index in [-0.39, 0.29) is 23.3 Å². The van der Waals surface area contributed by atoms with E-state index < -0.39 is 28.8 Å². The number of carbonyl (C=O) groups is 1. The van der Waals surface area contributed by atoms with Crippen LogP contribution in [0.3, 0.4) is 0 Å². The molecule has 0 spiro atoms. The Bertz CT molecular complexity index is 1460. The van der Waals surface area contributed by atoms with Crippen LogP contribution >= 0.6 is 11.8 Å². The lowest BCUT2D eigenvalue weighted by Crippen LogP contribution is -2.43. The second-order valence-electron chi connectivity index (χ2n) is 9.98. The highest BCUT2D eigenvalue weighted by Crippen LogP contribution is 2.39. The fourth-order valence-corrected chi connectivity index (χ4v) is 5.94. The third-order valence-corrected chi connectivity index (χ3v) is 8.41. The number of nitrogens with zero attached hydrogens (tertiary/aromatic N) is 3. The predicted molar refractivity (Wildman–Crippen MR) is 151 cm³/mol. The molecule has 0 unspecified atom stereocenters. The SMILES string of the molecule is Cc1ccc(NC(=O)c2ccc(C3OCC(S[C@H](C)[C@](O)(Cn4cncn4)c4ccc(F)cc4F)CO3)cc2)cc1. The van der Waals surface area contributed by atoms with E-state index in [0.717, 1.165) is 28.9 Å². The van der Waals surface area contributed by atoms with Gasteiger partial charge in [0.25, 0.3) is 5.91 Å². The molecule has 1 amide bonds. The van der Waals surface area contributed by atoms with Gasteiger partial charge in [0, 0.05) is 33.7 Å². The molecule has 1 aromatic heterocycles. The number of aryl methyl sites for hydroxylation is 1. The molecule has 1 saturated heterocycles. The molecule has 1 aliphatic rings. The first-order chi connectivity index (χ1) is 19.7. The first kappa shape index (κ1) is 28.9. The van der Waals surface area contributed by atoms with Crippen LogP contribution in [0.4, 0.5) is 14.5 Å². The minimum atomic E-state index is -1.72. The molecule has 0 aliphatic carbocycles. The topological polar surface area (TPSA) is 98.5 Å². The molecule has 1 fully saturated rings. The third kappa shape index (κ3) is 6.82. The summed E-state index contributed by atoms with van der Waals surface area (Å²) in [5.41, 5.74) is 1.35. The summed E-state index contributed by atoms with van der Waals surface area (Å²) in [5.74, 6) is -1.78. The van der Waals surface area contributed by atoms with Crippen LogP contribution in [0.5, 0.6) is 0 Å². The summed E-state index contributed by atoms with van der Waals surface area (Å²) in [6, 6.07) is 17.7. The van der Waals surface area contributed by atoms with Gasteiger partial charge in [0.15, 0.2) is 6.29 Å². The van der Waals surface area contributed by atoms with Crippen LogP contribution in [-0.2, 0) is 21.6 Å². The Morgan fingerprint density at radius 3 is 2.46 bits per heavy atom. The Balaban J connectivity index is 1.20. The average molecular weight is 581 g/mol. The van der Waals surface area contributed by atoms with E-state index >= 15 is 0 Å². The molecular weight excluding hydrogens is 550 g/mol. The molecule has 2 atom stereocenters. The van der Waals surface area contributed by atoms with E-state index in [1.54, 1.807) is 31.2 Å². The number of aliphatic hydroxyl groups is 1. The van der Waals surface area contributed by atoms with E-state index in [0.29, 0.717) is 18.8 Å². The zero-order chi connectivity index (χ0) is 29.0. The van der Waals surface area contributed by atoms with Crippen molar-refractivity contribution in [1.82, 2.24) is 14.8 Å². The molecule has 8 nitrogen and oxygen atoms in total. The van der Waals surface area contributed by atoms with Crippen molar-refractivity contribution in [2.75, 3.05) is 18.5 Å². The van der Waals surface area contributed by atoms with E-state index in [2.05, 4.69) is 15.4 Å². The number of carbonyl (C=O) groups excluding carboxylic acids is 1. The molecule has 5 rings (SSSR count). The number of halogens is 2. The smallest absolute Gasteiger partial charge is 0.255 e. The molecule has 1 aliphatic heterocycles. The molecule has 4 aromatic rings. The van der Waals surface area contributed by atoms with Gasteiger partial charge in [0.2, 0.25) is 0 Å². The molecule has 214 valence electrons. The first-order valence-electron chi connectivity index (χ1n) is 13.1. The van der Waals surface area contributed by atoms with Crippen molar-refractivity contribution in [1.29, 1.82) is 0 Å². The van der Waals surface area contributed by atoms with Gasteiger partial charge in [0.1, 0.15) is 29.9 Å². The minimum Gasteiger partial charge on any atom is -0.382 e. The summed E-state index contributed by atoms with van der Waals surface area (Å²) >= 11 is 1.39. The van der Waals surface area contributed by atoms with E-state index in [4.69, 9.17) is 9.47 Å². The van der Waals surface area contributed by atoms with Gasteiger partial charge in [0.05, 0.1) is 25.0 Å². The summed E-state index contributed by atoms with van der Waals surface area (Å²) < 4.78 is 41.8. The van der Waals surface area contributed by atoms with Crippen LogP contribution in [0.15, 0.2) is 79.4 Å². The quantitative estimate of drug-likeness (QED) is 0.279. The van der Waals surface area contributed by atoms with Crippen molar-refractivity contribution in [3.63, 3.8) is 0 Å². The van der Waals surface area contributed by atoms with Crippen molar-refractivity contribution in [2.45, 2.75) is 42.8 Å². The molecule has 0 bridgehead atoms. The molecule has 0 saturated carbocycles. The Morgan fingerprint density at radius 1 is 1.12 bits per heavy atom. The maximum atomic E-state index is 14.8. The van der Waals surface area contributed by atoms with Gasteiger partial charge in [-0.05, 0) is 37.3 Å². The number of rotatable bonds is 9. The van der Waals surface area contributed by atoms with E-state index in [1.165, 1.54) is 35.2 Å². The van der Waals surface area contributed by atoms with Crippen LogP contribution in [-0.4, -0.2) is 49.5 Å². The largest absolute Gasteiger partial charge is 0.382 e. The maximum absolute atomic E-state index is 14.8. The highest BCUT2D eigenvalue weighted by molar-refractivity contribution is 8.00. The van der Waals surface area contributed by atoms with E-state index in [9.17, 15) is 18.7 Å². The number of thioether (sulfide) groups is 1. The average Bonchev–Trinajstić information content (AvgIpc) is 3.47. The molecule has 11 heteroatoms. The monoisotopic (exact) mass is 580 g/mol. The minimum absolute atomic E-state index is 0.0311. The van der Waals surface area contributed by atoms with Gasteiger partial charge in [-0.3, -0.25) is 4.79 Å². The lowest BCUT2D eigenvalue weighted by Gasteiger charge is -2.37. The molecular formula is C30H30F2N4O4S. The van der Waals surface area contributed by atoms with Crippen molar-refractivity contribution in [2.24, 2.45) is 0 Å². The number of benzene rings is 3. The summed E-state index contributed by atoms with van der Waals surface area (Å²) in [4.78, 5) is 16.5. The number of hydrogen-bond donors (Lipinski definition) is 2. The molecule has 41 heavy (non-hydrogen) atoms. The summed E-state index contributed by atoms with van der Waals surface area (Å²) in [7, 11) is 0. The van der Waals surface area contributed by atoms with Crippen molar-refractivity contribution in [3.05, 3.63) is 113 Å². The Kier molecular flexibility index (Phi) is 8.79. The Hall–Kier alpha value is -3.64. The standard InChI is InChI=1S/C30H30F2N4O4S/c1-19-3-10-24(11-4-19)35-28(37)21-5-7-22(8-6-21)29-39-14-25(15-40-29)41-20(2)30(38,16-36-18-33-17-34-36)26-12-9-23(31)13-27(26)32/h3-13,17-18,20,25,29,38H,14-16H2,1-2H3,(H,35,37)/t20-,25?,29?,30-/m1/s1. The van der Waals surface area contributed by atoms with Gasteiger partial charge >= 0.3 is 0 Å². The fourth-order valence-electron chi connectivity index (χ4n) is 4.62. The lowest BCUT2D eigenvalue weighted by atomic mass is 9.90. The highest BCUT2D eigenvalue weighted by atomic mass is 32.2. The summed E-state index contributed by atoms with van der Waals surface area (Å²) in [6.07, 6.45) is 2.14. The second-order valence-corrected chi connectivity index (χ2v) is 11.6. The van der Waals surface area contributed by atoms with Crippen molar-refractivity contribution < 1.29 is 28.2 Å². The summed E-state index contributed by atoms with van der Waals surface area (Å²) in [5, 5.41) is 18.0. The fraction of sp³-hybridized carbons (Fsp3) is 0.300. The van der Waals surface area contributed by atoms with Gasteiger partial charge in [-0.25, -0.2) is 18.4 Å². The molecule has 3 aromatic carbocycles. The molecule has 2 N–H and O–H groups in total. The summed E-state index contributed by atoms with van der Waals surface area (Å²) in [6.45, 7) is 4.32. The maximum Gasteiger partial charge on any atom is 0.255 e. The number of hydrogen-bond acceptors (Lipinski definition) is 7. The molecule has 2 heterocycles. The predicted octanol–water partition coefficient (Wildman–Crippen LogP) is 5.24. The molecule has 0 radical (unpaired) electrons. The number of ether oxygens (including phenoxy) is 2. The number of amides is 1. The first-order valence-corrected chi connectivity index (χ1v) is 14.0. The third-order valence-electron chi connectivity index (χ3n) is 6.96. The van der Waals surface area contributed by atoms with Crippen molar-refractivity contribution >= 4 is 23.4 Å². The van der Waals surface area contributed by atoms with Crippen LogP contribution < -0.4 is 5.32 Å². The van der Waals surface area contributed by atoms with Gasteiger partial charge < -0.3 is 19.9 Å². The van der Waals surface area contributed by atoms with Crippen LogP contribution in [0.2, 0.25) is 0 Å². The van der Waals surface area contributed by atoms with Gasteiger partial charge in [-0.1, -0.05) is 42.8 Å². The van der Waals surface area contributed by atoms with Crippen LogP contribution in [0.1, 0.15) is 40.3 Å². The van der Waals surface area contributed by atoms with Gasteiger partial charge in [-0.2, -0.15) is 5.10 Å². The Labute approximate surface area is 240 Å². The van der Waals surface area contributed by atoms with E-state index in [1.807, 2.05) is 31.2 Å². The van der Waals surface area contributed by atoms with Gasteiger partial charge in [-0.15, -0.1) is 11.8 Å². The highest BCUT2D eigenvalue weighted by Gasteiger charge is 2.41. The number of aromatic nitrogens is 3. The second kappa shape index (κ2) is 12.5. The lowest BCUT2D eigenvalue weighted by molar-refractivity contribution is -0.180. The normalized spacial score (nSPS) is 19.3.